The first-order valence-electron chi connectivity index (χ1n) is 9.75. The van der Waals surface area contributed by atoms with Crippen LogP contribution >= 0.6 is 0 Å². The van der Waals surface area contributed by atoms with Crippen LogP contribution in [-0.2, 0) is 9.47 Å². The summed E-state index contributed by atoms with van der Waals surface area (Å²) in [6.45, 7) is 9.04. The van der Waals surface area contributed by atoms with Crippen molar-refractivity contribution in [1.82, 2.24) is 10.2 Å². The Morgan fingerprint density at radius 2 is 1.71 bits per heavy atom. The lowest BCUT2D eigenvalue weighted by Crippen LogP contribution is -2.48. The van der Waals surface area contributed by atoms with E-state index in [-0.39, 0.29) is 5.41 Å². The zero-order chi connectivity index (χ0) is 17.4. The molecule has 5 nitrogen and oxygen atoms in total. The van der Waals surface area contributed by atoms with Crippen LogP contribution in [0.2, 0.25) is 0 Å². The molecule has 1 saturated carbocycles. The molecule has 0 aromatic carbocycles. The summed E-state index contributed by atoms with van der Waals surface area (Å²) in [5, 5.41) is 13.0. The van der Waals surface area contributed by atoms with Crippen LogP contribution in [0.3, 0.4) is 0 Å². The largest absolute Gasteiger partial charge is 0.381 e. The fourth-order valence-electron chi connectivity index (χ4n) is 3.94. The molecule has 3 fully saturated rings. The van der Waals surface area contributed by atoms with E-state index >= 15 is 0 Å². The first kappa shape index (κ1) is 19.7. The maximum atomic E-state index is 9.59. The molecule has 1 N–H and O–H groups in total. The van der Waals surface area contributed by atoms with E-state index < -0.39 is 0 Å². The molecule has 0 aromatic rings. The smallest absolute Gasteiger partial charge is 0.0724 e. The Bertz CT molecular complexity index is 390. The van der Waals surface area contributed by atoms with Crippen LogP contribution in [0, 0.1) is 16.7 Å². The second-order valence-electron chi connectivity index (χ2n) is 7.20. The number of nitrogens with one attached hydrogen (secondary N) is 1. The molecule has 0 radical (unpaired) electrons. The zero-order valence-electron chi connectivity index (χ0n) is 15.7. The predicted octanol–water partition coefficient (Wildman–Crippen LogP) is 2.56. The second-order valence-corrected chi connectivity index (χ2v) is 7.20. The van der Waals surface area contributed by atoms with Gasteiger partial charge in [0.1, 0.15) is 0 Å². The van der Waals surface area contributed by atoms with Crippen LogP contribution in [0.1, 0.15) is 52.4 Å². The normalized spacial score (nSPS) is 30.6. The van der Waals surface area contributed by atoms with Gasteiger partial charge in [-0.15, -0.1) is 0 Å². The van der Waals surface area contributed by atoms with Crippen LogP contribution in [0.15, 0.2) is 0 Å². The molecule has 2 heterocycles. The molecule has 0 spiro atoms. The van der Waals surface area contributed by atoms with E-state index in [9.17, 15) is 5.26 Å². The molecular weight excluding hydrogens is 302 g/mol. The maximum absolute atomic E-state index is 9.59. The SMILES string of the molecule is CC.COC1CC(OC2CCN(CC3(C#N)CCNCC3)CC2)C1. The number of hydrogen-bond acceptors (Lipinski definition) is 5. The van der Waals surface area contributed by atoms with Gasteiger partial charge in [0.25, 0.3) is 0 Å². The summed E-state index contributed by atoms with van der Waals surface area (Å²) >= 11 is 0. The van der Waals surface area contributed by atoms with Gasteiger partial charge in [-0.2, -0.15) is 5.26 Å². The average Bonchev–Trinajstić information content (AvgIpc) is 2.62. The van der Waals surface area contributed by atoms with Gasteiger partial charge in [0.15, 0.2) is 0 Å². The van der Waals surface area contributed by atoms with Gasteiger partial charge >= 0.3 is 0 Å². The summed E-state index contributed by atoms with van der Waals surface area (Å²) in [5.41, 5.74) is -0.126. The average molecular weight is 338 g/mol. The number of nitrogens with zero attached hydrogens (tertiary/aromatic N) is 2. The first-order chi connectivity index (χ1) is 11.7. The van der Waals surface area contributed by atoms with Gasteiger partial charge in [-0.1, -0.05) is 13.8 Å². The molecule has 24 heavy (non-hydrogen) atoms. The van der Waals surface area contributed by atoms with E-state index in [0.29, 0.717) is 18.3 Å². The minimum atomic E-state index is -0.126. The van der Waals surface area contributed by atoms with Crippen molar-refractivity contribution in [2.24, 2.45) is 5.41 Å². The topological polar surface area (TPSA) is 57.5 Å². The molecule has 3 rings (SSSR count). The van der Waals surface area contributed by atoms with Crippen molar-refractivity contribution in [3.8, 4) is 6.07 Å². The highest BCUT2D eigenvalue weighted by molar-refractivity contribution is 5.03. The van der Waals surface area contributed by atoms with Crippen molar-refractivity contribution in [2.45, 2.75) is 70.7 Å². The van der Waals surface area contributed by atoms with Crippen molar-refractivity contribution in [3.05, 3.63) is 0 Å². The molecule has 138 valence electrons. The predicted molar refractivity (Wildman–Crippen MR) is 95.9 cm³/mol. The second kappa shape index (κ2) is 9.72. The molecule has 0 aromatic heterocycles. The summed E-state index contributed by atoms with van der Waals surface area (Å²) in [4.78, 5) is 2.48. The van der Waals surface area contributed by atoms with E-state index in [1.54, 1.807) is 7.11 Å². The summed E-state index contributed by atoms with van der Waals surface area (Å²) in [6, 6.07) is 2.61. The van der Waals surface area contributed by atoms with Gasteiger partial charge in [-0.25, -0.2) is 0 Å². The number of nitriles is 1. The molecule has 2 saturated heterocycles. The van der Waals surface area contributed by atoms with E-state index in [2.05, 4.69) is 16.3 Å². The Morgan fingerprint density at radius 3 is 2.25 bits per heavy atom. The molecule has 0 bridgehead atoms. The van der Waals surface area contributed by atoms with Crippen molar-refractivity contribution in [3.63, 3.8) is 0 Å². The fourth-order valence-corrected chi connectivity index (χ4v) is 3.94. The molecule has 0 atom stereocenters. The van der Waals surface area contributed by atoms with Crippen LogP contribution in [-0.4, -0.2) is 63.0 Å². The monoisotopic (exact) mass is 337 g/mol. The summed E-state index contributed by atoms with van der Waals surface area (Å²) in [7, 11) is 1.78. The summed E-state index contributed by atoms with van der Waals surface area (Å²) in [6.07, 6.45) is 7.53. The number of ether oxygens (including phenoxy) is 2. The quantitative estimate of drug-likeness (QED) is 0.835. The summed E-state index contributed by atoms with van der Waals surface area (Å²) < 4.78 is 11.5. The van der Waals surface area contributed by atoms with Gasteiger partial charge in [0.05, 0.1) is 29.8 Å². The molecule has 2 aliphatic heterocycles. The third kappa shape index (κ3) is 5.16. The van der Waals surface area contributed by atoms with E-state index in [0.717, 1.165) is 71.2 Å². The molecular formula is C19H35N3O2. The Labute approximate surface area is 147 Å². The Balaban J connectivity index is 0.00000100. The first-order valence-corrected chi connectivity index (χ1v) is 9.75. The lowest BCUT2D eigenvalue weighted by Gasteiger charge is -2.41. The van der Waals surface area contributed by atoms with Gasteiger partial charge in [0.2, 0.25) is 0 Å². The van der Waals surface area contributed by atoms with E-state index in [4.69, 9.17) is 9.47 Å². The van der Waals surface area contributed by atoms with E-state index in [1.165, 1.54) is 0 Å². The van der Waals surface area contributed by atoms with Crippen molar-refractivity contribution in [2.75, 3.05) is 39.8 Å². The molecule has 3 aliphatic rings. The Kier molecular flexibility index (Phi) is 7.96. The fraction of sp³-hybridized carbons (Fsp3) is 0.947. The summed E-state index contributed by atoms with van der Waals surface area (Å²) in [5.74, 6) is 0. The molecule has 1 aliphatic carbocycles. The van der Waals surface area contributed by atoms with Crippen LogP contribution in [0.25, 0.3) is 0 Å². The number of rotatable bonds is 5. The zero-order valence-corrected chi connectivity index (χ0v) is 15.7. The van der Waals surface area contributed by atoms with Crippen LogP contribution in [0.4, 0.5) is 0 Å². The highest BCUT2D eigenvalue weighted by Crippen LogP contribution is 2.32. The van der Waals surface area contributed by atoms with E-state index in [1.807, 2.05) is 13.8 Å². The number of likely N-dealkylation sites (tertiary alicyclic amines) is 1. The number of piperidine rings is 2. The standard InChI is InChI=1S/C17H29N3O2.C2H6/c1-21-15-10-16(11-15)22-14-2-8-20(9-3-14)13-17(12-18)4-6-19-7-5-17;1-2/h14-16,19H,2-11,13H2,1H3;1-2H3. The van der Waals surface area contributed by atoms with Crippen molar-refractivity contribution < 1.29 is 9.47 Å². The van der Waals surface area contributed by atoms with Crippen LogP contribution < -0.4 is 5.32 Å². The maximum Gasteiger partial charge on any atom is 0.0724 e. The highest BCUT2D eigenvalue weighted by atomic mass is 16.5. The highest BCUT2D eigenvalue weighted by Gasteiger charge is 2.36. The molecule has 0 unspecified atom stereocenters. The molecule has 5 heteroatoms. The third-order valence-electron chi connectivity index (χ3n) is 5.63. The third-order valence-corrected chi connectivity index (χ3v) is 5.63. The van der Waals surface area contributed by atoms with Crippen LogP contribution in [0.5, 0.6) is 0 Å². The Morgan fingerprint density at radius 1 is 1.08 bits per heavy atom. The van der Waals surface area contributed by atoms with Gasteiger partial charge in [-0.3, -0.25) is 0 Å². The minimum absolute atomic E-state index is 0.126. The minimum Gasteiger partial charge on any atom is -0.381 e. The van der Waals surface area contributed by atoms with Gasteiger partial charge < -0.3 is 19.7 Å². The Hall–Kier alpha value is -0.670. The number of hydrogen-bond donors (Lipinski definition) is 1. The number of methoxy groups -OCH3 is 1. The van der Waals surface area contributed by atoms with Gasteiger partial charge in [-0.05, 0) is 51.6 Å². The molecule has 0 amide bonds. The lowest BCUT2D eigenvalue weighted by atomic mass is 9.79. The van der Waals surface area contributed by atoms with Gasteiger partial charge in [0, 0.05) is 26.7 Å². The lowest BCUT2D eigenvalue weighted by molar-refractivity contribution is -0.127. The van der Waals surface area contributed by atoms with Crippen molar-refractivity contribution >= 4 is 0 Å². The van der Waals surface area contributed by atoms with Crippen molar-refractivity contribution in [1.29, 1.82) is 5.26 Å².